The lowest BCUT2D eigenvalue weighted by Gasteiger charge is -2.25. The van der Waals surface area contributed by atoms with E-state index in [0.29, 0.717) is 0 Å². The molecule has 1 aromatic rings. The summed E-state index contributed by atoms with van der Waals surface area (Å²) < 4.78 is 2.28. The van der Waals surface area contributed by atoms with Crippen molar-refractivity contribution in [2.45, 2.75) is 25.8 Å². The summed E-state index contributed by atoms with van der Waals surface area (Å²) in [4.78, 5) is 0. The maximum Gasteiger partial charge on any atom is 0.0247 e. The normalized spacial score (nSPS) is 18.8. The van der Waals surface area contributed by atoms with E-state index in [2.05, 4.69) is 29.1 Å². The van der Waals surface area contributed by atoms with Crippen LogP contribution < -0.4 is 0 Å². The van der Waals surface area contributed by atoms with Crippen molar-refractivity contribution in [3.63, 3.8) is 0 Å². The maximum absolute atomic E-state index is 2.28. The number of nitrogens with zero attached hydrogens (tertiary/aromatic N) is 1. The molecule has 0 bridgehead atoms. The molecule has 0 aromatic carbocycles. The van der Waals surface area contributed by atoms with E-state index in [9.17, 15) is 0 Å². The first kappa shape index (κ1) is 6.02. The van der Waals surface area contributed by atoms with Gasteiger partial charge in [0.05, 0.1) is 0 Å². The number of rotatable bonds is 2. The molecule has 0 unspecified atom stereocenters. The topological polar surface area (TPSA) is 4.93 Å². The van der Waals surface area contributed by atoms with Crippen LogP contribution in [0, 0.1) is 5.92 Å². The second-order valence-corrected chi connectivity index (χ2v) is 3.18. The molecule has 2 rings (SSSR count). The van der Waals surface area contributed by atoms with E-state index in [0.717, 1.165) is 5.92 Å². The van der Waals surface area contributed by atoms with Crippen molar-refractivity contribution in [1.29, 1.82) is 0 Å². The molecule has 1 heteroatoms. The first-order chi connectivity index (χ1) is 4.95. The minimum atomic E-state index is 0.979. The van der Waals surface area contributed by atoms with Crippen LogP contribution in [0.3, 0.4) is 0 Å². The molecule has 10 heavy (non-hydrogen) atoms. The van der Waals surface area contributed by atoms with Crippen molar-refractivity contribution in [2.24, 2.45) is 5.92 Å². The predicted molar refractivity (Wildman–Crippen MR) is 41.8 cm³/mol. The van der Waals surface area contributed by atoms with Crippen LogP contribution in [0.2, 0.25) is 0 Å². The molecule has 1 heterocycles. The van der Waals surface area contributed by atoms with Crippen LogP contribution in [0.25, 0.3) is 0 Å². The Labute approximate surface area is 61.7 Å². The van der Waals surface area contributed by atoms with Crippen LogP contribution in [0.4, 0.5) is 0 Å². The zero-order chi connectivity index (χ0) is 6.81. The van der Waals surface area contributed by atoms with E-state index in [1.54, 1.807) is 0 Å². The zero-order valence-corrected chi connectivity index (χ0v) is 6.16. The minimum Gasteiger partial charge on any atom is -0.354 e. The van der Waals surface area contributed by atoms with Crippen LogP contribution in [-0.2, 0) is 6.54 Å². The molecule has 1 aromatic heterocycles. The van der Waals surface area contributed by atoms with Crippen molar-refractivity contribution in [3.05, 3.63) is 24.5 Å². The van der Waals surface area contributed by atoms with Crippen molar-refractivity contribution < 1.29 is 0 Å². The first-order valence-corrected chi connectivity index (χ1v) is 4.06. The molecule has 0 aliphatic heterocycles. The Balaban J connectivity index is 1.90. The lowest BCUT2D eigenvalue weighted by molar-refractivity contribution is 0.277. The average Bonchev–Trinajstić information content (AvgIpc) is 2.29. The molecule has 1 aliphatic carbocycles. The summed E-state index contributed by atoms with van der Waals surface area (Å²) in [5, 5.41) is 0. The fourth-order valence-electron chi connectivity index (χ4n) is 1.47. The highest BCUT2D eigenvalue weighted by atomic mass is 14.9. The standard InChI is InChI=1S/C9H13N/c1-2-7-10(6-1)8-9-4-3-5-9/h1-2,6-7,9H,3-5,8H2. The molecule has 1 fully saturated rings. The zero-order valence-electron chi connectivity index (χ0n) is 6.16. The Kier molecular flexibility index (Phi) is 1.50. The third-order valence-corrected chi connectivity index (χ3v) is 2.36. The molecule has 1 aliphatic rings. The Morgan fingerprint density at radius 3 is 2.40 bits per heavy atom. The van der Waals surface area contributed by atoms with E-state index in [1.807, 2.05) is 0 Å². The van der Waals surface area contributed by atoms with Gasteiger partial charge in [0, 0.05) is 18.9 Å². The summed E-state index contributed by atoms with van der Waals surface area (Å²) in [5.74, 6) is 0.979. The van der Waals surface area contributed by atoms with Gasteiger partial charge >= 0.3 is 0 Å². The second-order valence-electron chi connectivity index (χ2n) is 3.18. The van der Waals surface area contributed by atoms with Crippen LogP contribution in [0.5, 0.6) is 0 Å². The van der Waals surface area contributed by atoms with Crippen molar-refractivity contribution >= 4 is 0 Å². The van der Waals surface area contributed by atoms with Crippen LogP contribution >= 0.6 is 0 Å². The van der Waals surface area contributed by atoms with Gasteiger partial charge in [0.2, 0.25) is 0 Å². The quantitative estimate of drug-likeness (QED) is 0.586. The first-order valence-electron chi connectivity index (χ1n) is 4.06. The van der Waals surface area contributed by atoms with Gasteiger partial charge in [-0.1, -0.05) is 6.42 Å². The highest BCUT2D eigenvalue weighted by molar-refractivity contribution is 4.91. The van der Waals surface area contributed by atoms with Crippen LogP contribution in [-0.4, -0.2) is 4.57 Å². The summed E-state index contributed by atoms with van der Waals surface area (Å²) in [6, 6.07) is 4.19. The predicted octanol–water partition coefficient (Wildman–Crippen LogP) is 2.29. The molecule has 0 radical (unpaired) electrons. The Bertz CT molecular complexity index is 185. The highest BCUT2D eigenvalue weighted by Gasteiger charge is 2.16. The van der Waals surface area contributed by atoms with Crippen LogP contribution in [0.15, 0.2) is 24.5 Å². The van der Waals surface area contributed by atoms with Gasteiger partial charge in [-0.05, 0) is 30.9 Å². The van der Waals surface area contributed by atoms with Gasteiger partial charge in [0.15, 0.2) is 0 Å². The van der Waals surface area contributed by atoms with Gasteiger partial charge in [-0.15, -0.1) is 0 Å². The Morgan fingerprint density at radius 2 is 1.90 bits per heavy atom. The number of hydrogen-bond acceptors (Lipinski definition) is 0. The smallest absolute Gasteiger partial charge is 0.0247 e. The molecule has 0 spiro atoms. The lowest BCUT2D eigenvalue weighted by Crippen LogP contribution is -2.16. The summed E-state index contributed by atoms with van der Waals surface area (Å²) in [5.41, 5.74) is 0. The average molecular weight is 135 g/mol. The molecule has 0 amide bonds. The van der Waals surface area contributed by atoms with Crippen molar-refractivity contribution in [2.75, 3.05) is 0 Å². The summed E-state index contributed by atoms with van der Waals surface area (Å²) in [6.07, 6.45) is 8.64. The lowest BCUT2D eigenvalue weighted by atomic mass is 9.85. The van der Waals surface area contributed by atoms with Crippen molar-refractivity contribution in [1.82, 2.24) is 4.57 Å². The van der Waals surface area contributed by atoms with E-state index < -0.39 is 0 Å². The fourth-order valence-corrected chi connectivity index (χ4v) is 1.47. The maximum atomic E-state index is 2.28. The van der Waals surface area contributed by atoms with E-state index >= 15 is 0 Å². The summed E-state index contributed by atoms with van der Waals surface area (Å²) >= 11 is 0. The molecule has 1 nitrogen and oxygen atoms in total. The Morgan fingerprint density at radius 1 is 1.20 bits per heavy atom. The SMILES string of the molecule is c1ccn(CC2CCC2)c1. The van der Waals surface area contributed by atoms with Gasteiger partial charge in [0.25, 0.3) is 0 Å². The van der Waals surface area contributed by atoms with Gasteiger partial charge in [-0.25, -0.2) is 0 Å². The molecule has 0 saturated heterocycles. The highest BCUT2D eigenvalue weighted by Crippen LogP contribution is 2.27. The number of hydrogen-bond donors (Lipinski definition) is 0. The molecule has 0 atom stereocenters. The Hall–Kier alpha value is -0.720. The summed E-state index contributed by atoms with van der Waals surface area (Å²) in [6.45, 7) is 1.24. The third-order valence-electron chi connectivity index (χ3n) is 2.36. The monoisotopic (exact) mass is 135 g/mol. The van der Waals surface area contributed by atoms with Gasteiger partial charge < -0.3 is 4.57 Å². The van der Waals surface area contributed by atoms with Crippen LogP contribution in [0.1, 0.15) is 19.3 Å². The molecular formula is C9H13N. The van der Waals surface area contributed by atoms with Gasteiger partial charge in [-0.2, -0.15) is 0 Å². The third kappa shape index (κ3) is 1.08. The number of aromatic nitrogens is 1. The fraction of sp³-hybridized carbons (Fsp3) is 0.556. The van der Waals surface area contributed by atoms with Crippen molar-refractivity contribution in [3.8, 4) is 0 Å². The van der Waals surface area contributed by atoms with E-state index in [1.165, 1.54) is 25.8 Å². The minimum absolute atomic E-state index is 0.979. The summed E-state index contributed by atoms with van der Waals surface area (Å²) in [7, 11) is 0. The second kappa shape index (κ2) is 2.49. The molecule has 1 saturated carbocycles. The molecular weight excluding hydrogens is 122 g/mol. The molecule has 54 valence electrons. The largest absolute Gasteiger partial charge is 0.354 e. The van der Waals surface area contributed by atoms with E-state index in [-0.39, 0.29) is 0 Å². The van der Waals surface area contributed by atoms with E-state index in [4.69, 9.17) is 0 Å². The van der Waals surface area contributed by atoms with Gasteiger partial charge in [0.1, 0.15) is 0 Å². The molecule has 0 N–H and O–H groups in total. The van der Waals surface area contributed by atoms with Gasteiger partial charge in [-0.3, -0.25) is 0 Å².